The number of nitriles is 1. The third-order valence-corrected chi connectivity index (χ3v) is 2.11. The van der Waals surface area contributed by atoms with Gasteiger partial charge in [-0.3, -0.25) is 0 Å². The second-order valence-corrected chi connectivity index (χ2v) is 3.26. The van der Waals surface area contributed by atoms with Crippen LogP contribution in [0.3, 0.4) is 0 Å². The first-order chi connectivity index (χ1) is 7.90. The average molecular weight is 249 g/mol. The molecular formula is C10H7F4NO2. The van der Waals surface area contributed by atoms with Crippen LogP contribution in [0.5, 0.6) is 0 Å². The van der Waals surface area contributed by atoms with E-state index in [2.05, 4.69) is 0 Å². The van der Waals surface area contributed by atoms with Gasteiger partial charge in [-0.1, -0.05) is 0 Å². The SMILES string of the molecule is N#CCC(O)C(O)c1c(F)c(F)cc(F)c1F. The molecular weight excluding hydrogens is 242 g/mol. The van der Waals surface area contributed by atoms with E-state index in [9.17, 15) is 22.7 Å². The molecule has 0 saturated carbocycles. The van der Waals surface area contributed by atoms with Gasteiger partial charge >= 0.3 is 0 Å². The maximum absolute atomic E-state index is 13.2. The summed E-state index contributed by atoms with van der Waals surface area (Å²) in [5.41, 5.74) is -1.33. The van der Waals surface area contributed by atoms with E-state index in [1.165, 1.54) is 6.07 Å². The number of hydrogen-bond donors (Lipinski definition) is 2. The van der Waals surface area contributed by atoms with Crippen LogP contribution in [0.1, 0.15) is 18.1 Å². The van der Waals surface area contributed by atoms with Crippen LogP contribution < -0.4 is 0 Å². The molecule has 0 spiro atoms. The van der Waals surface area contributed by atoms with Crippen molar-refractivity contribution >= 4 is 0 Å². The van der Waals surface area contributed by atoms with Gasteiger partial charge in [-0.25, -0.2) is 17.6 Å². The Balaban J connectivity index is 3.26. The van der Waals surface area contributed by atoms with Crippen LogP contribution in [0.25, 0.3) is 0 Å². The number of aliphatic hydroxyl groups excluding tert-OH is 2. The molecule has 0 aliphatic heterocycles. The molecule has 0 fully saturated rings. The topological polar surface area (TPSA) is 64.2 Å². The van der Waals surface area contributed by atoms with Crippen molar-refractivity contribution in [1.29, 1.82) is 5.26 Å². The summed E-state index contributed by atoms with van der Waals surface area (Å²) in [5, 5.41) is 26.7. The van der Waals surface area contributed by atoms with E-state index >= 15 is 0 Å². The third-order valence-electron chi connectivity index (χ3n) is 2.11. The molecule has 0 bridgehead atoms. The van der Waals surface area contributed by atoms with Crippen LogP contribution in [-0.4, -0.2) is 16.3 Å². The lowest BCUT2D eigenvalue weighted by Gasteiger charge is -2.17. The van der Waals surface area contributed by atoms with Crippen molar-refractivity contribution in [2.45, 2.75) is 18.6 Å². The lowest BCUT2D eigenvalue weighted by Crippen LogP contribution is -2.21. The first-order valence-electron chi connectivity index (χ1n) is 4.46. The maximum Gasteiger partial charge on any atom is 0.167 e. The van der Waals surface area contributed by atoms with Gasteiger partial charge in [0.25, 0.3) is 0 Å². The summed E-state index contributed by atoms with van der Waals surface area (Å²) in [7, 11) is 0. The second-order valence-electron chi connectivity index (χ2n) is 3.26. The monoisotopic (exact) mass is 249 g/mol. The lowest BCUT2D eigenvalue weighted by molar-refractivity contribution is 0.0163. The van der Waals surface area contributed by atoms with Gasteiger partial charge in [-0.05, 0) is 0 Å². The standard InChI is InChI=1S/C10H7F4NO2/c11-4-3-5(12)9(14)7(8(4)13)10(17)6(16)1-2-15/h3,6,10,16-17H,1H2. The second kappa shape index (κ2) is 5.12. The normalized spacial score (nSPS) is 14.2. The molecule has 1 aromatic carbocycles. The van der Waals surface area contributed by atoms with E-state index in [0.717, 1.165) is 0 Å². The molecule has 0 aliphatic carbocycles. The molecule has 0 radical (unpaired) electrons. The Morgan fingerprint density at radius 3 is 2.00 bits per heavy atom. The molecule has 0 heterocycles. The van der Waals surface area contributed by atoms with Crippen molar-refractivity contribution in [1.82, 2.24) is 0 Å². The maximum atomic E-state index is 13.2. The van der Waals surface area contributed by atoms with Gasteiger partial charge in [0.2, 0.25) is 0 Å². The van der Waals surface area contributed by atoms with Gasteiger partial charge in [0.05, 0.1) is 24.2 Å². The largest absolute Gasteiger partial charge is 0.389 e. The van der Waals surface area contributed by atoms with Gasteiger partial charge < -0.3 is 10.2 Å². The summed E-state index contributed by atoms with van der Waals surface area (Å²) in [5.74, 6) is -6.98. The van der Waals surface area contributed by atoms with Crippen LogP contribution in [-0.2, 0) is 0 Å². The molecule has 0 aliphatic rings. The molecule has 2 N–H and O–H groups in total. The lowest BCUT2D eigenvalue weighted by atomic mass is 10.0. The Morgan fingerprint density at radius 2 is 1.59 bits per heavy atom. The average Bonchev–Trinajstić information content (AvgIpc) is 2.27. The Kier molecular flexibility index (Phi) is 4.04. The smallest absolute Gasteiger partial charge is 0.167 e. The van der Waals surface area contributed by atoms with Crippen molar-refractivity contribution in [2.75, 3.05) is 0 Å². The highest BCUT2D eigenvalue weighted by Crippen LogP contribution is 2.28. The fraction of sp³-hybridized carbons (Fsp3) is 0.300. The van der Waals surface area contributed by atoms with E-state index in [1.807, 2.05) is 0 Å². The van der Waals surface area contributed by atoms with Crippen molar-refractivity contribution < 1.29 is 27.8 Å². The van der Waals surface area contributed by atoms with Gasteiger partial charge in [0, 0.05) is 6.07 Å². The molecule has 1 rings (SSSR count). The van der Waals surface area contributed by atoms with Gasteiger partial charge in [0.15, 0.2) is 23.3 Å². The predicted octanol–water partition coefficient (Wildman–Crippen LogP) is 1.55. The minimum Gasteiger partial charge on any atom is -0.389 e. The Labute approximate surface area is 93.5 Å². The summed E-state index contributed by atoms with van der Waals surface area (Å²) < 4.78 is 51.9. The summed E-state index contributed by atoms with van der Waals surface area (Å²) in [4.78, 5) is 0. The highest BCUT2D eigenvalue weighted by molar-refractivity contribution is 5.25. The van der Waals surface area contributed by atoms with Gasteiger partial charge in [0.1, 0.15) is 6.10 Å². The number of benzene rings is 1. The molecule has 3 nitrogen and oxygen atoms in total. The van der Waals surface area contributed by atoms with E-state index in [4.69, 9.17) is 10.4 Å². The first-order valence-corrected chi connectivity index (χ1v) is 4.46. The highest BCUT2D eigenvalue weighted by atomic mass is 19.2. The van der Waals surface area contributed by atoms with Crippen molar-refractivity contribution in [3.63, 3.8) is 0 Å². The zero-order chi connectivity index (χ0) is 13.2. The molecule has 0 amide bonds. The van der Waals surface area contributed by atoms with Crippen LogP contribution in [0.2, 0.25) is 0 Å². The number of halogens is 4. The Morgan fingerprint density at radius 1 is 1.12 bits per heavy atom. The molecule has 0 aromatic heterocycles. The highest BCUT2D eigenvalue weighted by Gasteiger charge is 2.29. The van der Waals surface area contributed by atoms with Crippen LogP contribution >= 0.6 is 0 Å². The molecule has 2 unspecified atom stereocenters. The van der Waals surface area contributed by atoms with Crippen LogP contribution in [0.4, 0.5) is 17.6 Å². The summed E-state index contributed by atoms with van der Waals surface area (Å²) in [6.45, 7) is 0. The fourth-order valence-corrected chi connectivity index (χ4v) is 1.25. The number of nitrogens with zero attached hydrogens (tertiary/aromatic N) is 1. The van der Waals surface area contributed by atoms with E-state index in [-0.39, 0.29) is 6.07 Å². The van der Waals surface area contributed by atoms with E-state index in [1.54, 1.807) is 0 Å². The Bertz CT molecular complexity index is 446. The van der Waals surface area contributed by atoms with Gasteiger partial charge in [-0.2, -0.15) is 5.26 Å². The minimum atomic E-state index is -2.22. The van der Waals surface area contributed by atoms with Crippen molar-refractivity contribution in [2.24, 2.45) is 0 Å². The number of rotatable bonds is 3. The molecule has 17 heavy (non-hydrogen) atoms. The fourth-order valence-electron chi connectivity index (χ4n) is 1.25. The molecule has 92 valence electrons. The quantitative estimate of drug-likeness (QED) is 0.631. The number of aliphatic hydroxyl groups is 2. The predicted molar refractivity (Wildman–Crippen MR) is 47.5 cm³/mol. The Hall–Kier alpha value is -1.65. The van der Waals surface area contributed by atoms with E-state index < -0.39 is 47.5 Å². The summed E-state index contributed by atoms with van der Waals surface area (Å²) in [6.07, 6.45) is -4.71. The first kappa shape index (κ1) is 13.4. The minimum absolute atomic E-state index is 0.0163. The zero-order valence-electron chi connectivity index (χ0n) is 8.29. The van der Waals surface area contributed by atoms with Crippen molar-refractivity contribution in [3.05, 3.63) is 34.9 Å². The summed E-state index contributed by atoms with van der Waals surface area (Å²) >= 11 is 0. The third kappa shape index (κ3) is 2.54. The van der Waals surface area contributed by atoms with Crippen LogP contribution in [0, 0.1) is 34.6 Å². The van der Waals surface area contributed by atoms with Crippen LogP contribution in [0.15, 0.2) is 6.07 Å². The van der Waals surface area contributed by atoms with E-state index in [0.29, 0.717) is 0 Å². The number of hydrogen-bond acceptors (Lipinski definition) is 3. The summed E-state index contributed by atoms with van der Waals surface area (Å²) in [6, 6.07) is 1.43. The molecule has 1 aromatic rings. The molecule has 7 heteroatoms. The zero-order valence-corrected chi connectivity index (χ0v) is 8.29. The van der Waals surface area contributed by atoms with Crippen molar-refractivity contribution in [3.8, 4) is 6.07 Å². The molecule has 2 atom stereocenters. The molecule has 0 saturated heterocycles. The van der Waals surface area contributed by atoms with Gasteiger partial charge in [-0.15, -0.1) is 0 Å².